The first-order valence-electron chi connectivity index (χ1n) is 13.3. The molecule has 0 spiro atoms. The fourth-order valence-corrected chi connectivity index (χ4v) is 7.07. The lowest BCUT2D eigenvalue weighted by Crippen LogP contribution is -2.43. The second kappa shape index (κ2) is 11.6. The Bertz CT molecular complexity index is 1300. The summed E-state index contributed by atoms with van der Waals surface area (Å²) in [7, 11) is -2.65. The highest BCUT2D eigenvalue weighted by atomic mass is 32.2. The van der Waals surface area contributed by atoms with E-state index in [0.29, 0.717) is 24.4 Å². The van der Waals surface area contributed by atoms with Gasteiger partial charge in [0.1, 0.15) is 11.9 Å². The van der Waals surface area contributed by atoms with Crippen LogP contribution in [0, 0.1) is 17.7 Å². The zero-order valence-corrected chi connectivity index (χ0v) is 23.7. The minimum Gasteiger partial charge on any atom is -0.494 e. The SMILES string of the molecule is COc1cc(NC(=O)[C@@H]2C[C@@H](C3CCCCC3)CN2C(=O)c2ccc(F)cc2)cnc1S(=O)(=O)NC(C)(C)C. The molecule has 2 aromatic rings. The summed E-state index contributed by atoms with van der Waals surface area (Å²) >= 11 is 0. The van der Waals surface area contributed by atoms with Crippen molar-refractivity contribution in [3.05, 3.63) is 47.9 Å². The van der Waals surface area contributed by atoms with Crippen molar-refractivity contribution < 1.29 is 27.1 Å². The van der Waals surface area contributed by atoms with Crippen molar-refractivity contribution in [3.8, 4) is 5.75 Å². The van der Waals surface area contributed by atoms with E-state index in [1.165, 1.54) is 50.1 Å². The molecule has 0 radical (unpaired) electrons. The van der Waals surface area contributed by atoms with Crippen LogP contribution >= 0.6 is 0 Å². The number of pyridine rings is 1. The Morgan fingerprint density at radius 2 is 1.74 bits per heavy atom. The number of amides is 2. The highest BCUT2D eigenvalue weighted by Crippen LogP contribution is 2.38. The quantitative estimate of drug-likeness (QED) is 0.520. The van der Waals surface area contributed by atoms with E-state index in [-0.39, 0.29) is 28.3 Å². The minimum absolute atomic E-state index is 0.0182. The predicted octanol–water partition coefficient (Wildman–Crippen LogP) is 4.36. The van der Waals surface area contributed by atoms with E-state index in [1.807, 2.05) is 0 Å². The van der Waals surface area contributed by atoms with Crippen molar-refractivity contribution in [3.63, 3.8) is 0 Å². The molecule has 2 N–H and O–H groups in total. The number of likely N-dealkylation sites (tertiary alicyclic amines) is 1. The standard InChI is InChI=1S/C28H37FN4O5S/c1-28(2,3)32-39(36,37)26-24(38-4)15-22(16-30-26)31-25(34)23-14-20(18-8-6-5-7-9-18)17-33(23)27(35)19-10-12-21(29)13-11-19/h10-13,15-16,18,20,23,32H,5-9,14,17H2,1-4H3,(H,31,34)/t20-,23+/m1/s1. The van der Waals surface area contributed by atoms with Crippen LogP contribution in [0.5, 0.6) is 5.75 Å². The zero-order valence-electron chi connectivity index (χ0n) is 22.9. The summed E-state index contributed by atoms with van der Waals surface area (Å²) in [6.45, 7) is 5.60. The number of ether oxygens (including phenoxy) is 1. The van der Waals surface area contributed by atoms with Crippen molar-refractivity contribution in [1.29, 1.82) is 0 Å². The number of benzene rings is 1. The van der Waals surface area contributed by atoms with Crippen molar-refractivity contribution in [2.75, 3.05) is 19.0 Å². The largest absolute Gasteiger partial charge is 0.494 e. The maximum atomic E-state index is 13.5. The first-order chi connectivity index (χ1) is 18.4. The fraction of sp³-hybridized carbons (Fsp3) is 0.536. The number of methoxy groups -OCH3 is 1. The van der Waals surface area contributed by atoms with Crippen LogP contribution in [0.15, 0.2) is 41.6 Å². The van der Waals surface area contributed by atoms with Gasteiger partial charge in [-0.25, -0.2) is 22.5 Å². The predicted molar refractivity (Wildman–Crippen MR) is 145 cm³/mol. The van der Waals surface area contributed by atoms with Gasteiger partial charge in [0.05, 0.1) is 19.0 Å². The number of carbonyl (C=O) groups excluding carboxylic acids is 2. The number of nitrogens with one attached hydrogen (secondary N) is 2. The van der Waals surface area contributed by atoms with Gasteiger partial charge in [-0.2, -0.15) is 0 Å². The van der Waals surface area contributed by atoms with Gasteiger partial charge in [-0.3, -0.25) is 9.59 Å². The molecule has 2 heterocycles. The van der Waals surface area contributed by atoms with Gasteiger partial charge in [-0.05, 0) is 63.3 Å². The average molecular weight is 561 g/mol. The summed E-state index contributed by atoms with van der Waals surface area (Å²) in [4.78, 5) is 32.6. The average Bonchev–Trinajstić information content (AvgIpc) is 3.33. The van der Waals surface area contributed by atoms with E-state index in [0.717, 1.165) is 25.7 Å². The molecule has 0 bridgehead atoms. The molecular formula is C28H37FN4O5S. The molecule has 1 aromatic heterocycles. The maximum absolute atomic E-state index is 13.5. The van der Waals surface area contributed by atoms with Crippen LogP contribution in [0.2, 0.25) is 0 Å². The molecule has 1 aromatic carbocycles. The third-order valence-electron chi connectivity index (χ3n) is 7.31. The molecule has 2 aliphatic rings. The van der Waals surface area contributed by atoms with Gasteiger partial charge in [-0.15, -0.1) is 0 Å². The molecule has 11 heteroatoms. The number of hydrogen-bond acceptors (Lipinski definition) is 6. The van der Waals surface area contributed by atoms with Crippen molar-refractivity contribution in [2.24, 2.45) is 11.8 Å². The van der Waals surface area contributed by atoms with E-state index in [4.69, 9.17) is 4.74 Å². The third kappa shape index (κ3) is 6.94. The number of carbonyl (C=O) groups is 2. The zero-order chi connectivity index (χ0) is 28.4. The van der Waals surface area contributed by atoms with Gasteiger partial charge < -0.3 is 15.0 Å². The highest BCUT2D eigenvalue weighted by molar-refractivity contribution is 7.89. The molecule has 1 aliphatic heterocycles. The fourth-order valence-electron chi connectivity index (χ4n) is 5.57. The molecular weight excluding hydrogens is 523 g/mol. The third-order valence-corrected chi connectivity index (χ3v) is 9.00. The van der Waals surface area contributed by atoms with Crippen LogP contribution in [-0.4, -0.2) is 55.4 Å². The second-order valence-electron chi connectivity index (χ2n) is 11.5. The van der Waals surface area contributed by atoms with Crippen LogP contribution in [0.3, 0.4) is 0 Å². The van der Waals surface area contributed by atoms with Crippen LogP contribution in [0.1, 0.15) is 69.7 Å². The van der Waals surface area contributed by atoms with Crippen LogP contribution in [0.25, 0.3) is 0 Å². The molecule has 0 unspecified atom stereocenters. The summed E-state index contributed by atoms with van der Waals surface area (Å²) in [5.74, 6) is -0.534. The van der Waals surface area contributed by atoms with E-state index in [2.05, 4.69) is 15.0 Å². The Morgan fingerprint density at radius 1 is 1.08 bits per heavy atom. The minimum atomic E-state index is -3.97. The van der Waals surface area contributed by atoms with Gasteiger partial charge in [0.15, 0.2) is 5.75 Å². The van der Waals surface area contributed by atoms with Crippen LogP contribution in [0.4, 0.5) is 10.1 Å². The van der Waals surface area contributed by atoms with E-state index < -0.39 is 33.3 Å². The van der Waals surface area contributed by atoms with Gasteiger partial charge in [0.25, 0.3) is 15.9 Å². The first-order valence-corrected chi connectivity index (χ1v) is 14.8. The molecule has 39 heavy (non-hydrogen) atoms. The lowest BCUT2D eigenvalue weighted by Gasteiger charge is -2.27. The molecule has 1 saturated carbocycles. The summed E-state index contributed by atoms with van der Waals surface area (Å²) in [5, 5.41) is 2.52. The monoisotopic (exact) mass is 560 g/mol. The lowest BCUT2D eigenvalue weighted by atomic mass is 9.79. The number of anilines is 1. The summed E-state index contributed by atoms with van der Waals surface area (Å²) in [6, 6.07) is 6.01. The molecule has 1 saturated heterocycles. The molecule has 212 valence electrons. The van der Waals surface area contributed by atoms with Crippen LogP contribution < -0.4 is 14.8 Å². The topological polar surface area (TPSA) is 118 Å². The number of rotatable bonds is 7. The van der Waals surface area contributed by atoms with Crippen LogP contribution in [-0.2, 0) is 14.8 Å². The van der Waals surface area contributed by atoms with Gasteiger partial charge in [0.2, 0.25) is 10.9 Å². The Balaban J connectivity index is 1.57. The Morgan fingerprint density at radius 3 is 2.36 bits per heavy atom. The number of hydrogen-bond donors (Lipinski definition) is 2. The van der Waals surface area contributed by atoms with Gasteiger partial charge in [0, 0.05) is 23.7 Å². The van der Waals surface area contributed by atoms with Crippen molar-refractivity contribution in [1.82, 2.24) is 14.6 Å². The highest BCUT2D eigenvalue weighted by Gasteiger charge is 2.43. The summed E-state index contributed by atoms with van der Waals surface area (Å²) < 4.78 is 46.9. The van der Waals surface area contributed by atoms with E-state index >= 15 is 0 Å². The molecule has 2 atom stereocenters. The number of halogens is 1. The smallest absolute Gasteiger partial charge is 0.262 e. The van der Waals surface area contributed by atoms with E-state index in [9.17, 15) is 22.4 Å². The lowest BCUT2D eigenvalue weighted by molar-refractivity contribution is -0.119. The van der Waals surface area contributed by atoms with E-state index in [1.54, 1.807) is 25.7 Å². The Kier molecular flexibility index (Phi) is 8.60. The molecule has 2 amide bonds. The number of nitrogens with zero attached hydrogens (tertiary/aromatic N) is 2. The number of sulfonamides is 1. The van der Waals surface area contributed by atoms with Crippen molar-refractivity contribution >= 4 is 27.5 Å². The van der Waals surface area contributed by atoms with Gasteiger partial charge >= 0.3 is 0 Å². The molecule has 2 fully saturated rings. The van der Waals surface area contributed by atoms with Crippen molar-refractivity contribution in [2.45, 2.75) is 75.9 Å². The Labute approximate surface area is 229 Å². The summed E-state index contributed by atoms with van der Waals surface area (Å²) in [6.07, 6.45) is 7.45. The Hall–Kier alpha value is -3.05. The normalized spacial score (nSPS) is 20.6. The molecule has 1 aliphatic carbocycles. The number of aromatic nitrogens is 1. The molecule has 9 nitrogen and oxygen atoms in total. The first kappa shape index (κ1) is 28.9. The molecule has 4 rings (SSSR count). The maximum Gasteiger partial charge on any atom is 0.262 e. The van der Waals surface area contributed by atoms with Gasteiger partial charge in [-0.1, -0.05) is 32.1 Å². The second-order valence-corrected chi connectivity index (χ2v) is 13.0. The summed E-state index contributed by atoms with van der Waals surface area (Å²) in [5.41, 5.74) is -0.152.